The van der Waals surface area contributed by atoms with Gasteiger partial charge in [0, 0.05) is 36.0 Å². The molecule has 1 atom stereocenters. The third-order valence-electron chi connectivity index (χ3n) is 3.74. The van der Waals surface area contributed by atoms with Crippen LogP contribution in [0.3, 0.4) is 0 Å². The molecule has 2 rings (SSSR count). The van der Waals surface area contributed by atoms with Crippen LogP contribution in [0.2, 0.25) is 0 Å². The minimum atomic E-state index is -0.467. The molecule has 0 bridgehead atoms. The van der Waals surface area contributed by atoms with Crippen molar-refractivity contribution in [3.8, 4) is 0 Å². The smallest absolute Gasteiger partial charge is 0.410 e. The van der Waals surface area contributed by atoms with Crippen LogP contribution in [0.5, 0.6) is 0 Å². The van der Waals surface area contributed by atoms with Gasteiger partial charge in [-0.25, -0.2) is 4.79 Å². The molecule has 0 radical (unpaired) electrons. The van der Waals surface area contributed by atoms with E-state index in [1.165, 1.54) is 0 Å². The number of benzene rings is 1. The number of amides is 1. The van der Waals surface area contributed by atoms with Crippen LogP contribution in [0.1, 0.15) is 27.2 Å². The highest BCUT2D eigenvalue weighted by Gasteiger charge is 2.31. The number of carbonyl (C=O) groups excluding carboxylic acids is 1. The fraction of sp³-hybridized carbons (Fsp3) is 0.562. The van der Waals surface area contributed by atoms with E-state index in [1.807, 2.05) is 39.0 Å². The summed E-state index contributed by atoms with van der Waals surface area (Å²) in [5.41, 5.74) is 7.20. The Labute approximate surface area is 140 Å². The number of anilines is 2. The lowest BCUT2D eigenvalue weighted by Crippen LogP contribution is -2.42. The molecule has 0 saturated carbocycles. The van der Waals surface area contributed by atoms with Gasteiger partial charge < -0.3 is 20.3 Å². The molecule has 0 aromatic heterocycles. The zero-order valence-electron chi connectivity index (χ0n) is 13.6. The monoisotopic (exact) mass is 369 g/mol. The van der Waals surface area contributed by atoms with Gasteiger partial charge in [-0.15, -0.1) is 0 Å². The number of hydrogen-bond acceptors (Lipinski definition) is 4. The maximum absolute atomic E-state index is 12.1. The van der Waals surface area contributed by atoms with Gasteiger partial charge in [-0.05, 0) is 61.3 Å². The van der Waals surface area contributed by atoms with Crippen molar-refractivity contribution in [1.82, 2.24) is 4.90 Å². The summed E-state index contributed by atoms with van der Waals surface area (Å²) in [6, 6.07) is 6.08. The Hall–Kier alpha value is -1.43. The predicted molar refractivity (Wildman–Crippen MR) is 93.2 cm³/mol. The zero-order valence-corrected chi connectivity index (χ0v) is 15.2. The lowest BCUT2D eigenvalue weighted by atomic mass is 10.2. The van der Waals surface area contributed by atoms with E-state index in [0.29, 0.717) is 0 Å². The lowest BCUT2D eigenvalue weighted by Gasteiger charge is -2.29. The van der Waals surface area contributed by atoms with Gasteiger partial charge in [0.2, 0.25) is 0 Å². The first-order valence-electron chi connectivity index (χ1n) is 7.43. The van der Waals surface area contributed by atoms with E-state index < -0.39 is 5.60 Å². The number of hydrogen-bond donors (Lipinski definition) is 1. The average Bonchev–Trinajstić information content (AvgIpc) is 2.88. The van der Waals surface area contributed by atoms with Gasteiger partial charge in [-0.3, -0.25) is 0 Å². The van der Waals surface area contributed by atoms with Gasteiger partial charge in [0.1, 0.15) is 5.60 Å². The first-order chi connectivity index (χ1) is 10.2. The summed E-state index contributed by atoms with van der Waals surface area (Å²) in [7, 11) is 1.81. The van der Waals surface area contributed by atoms with Crippen molar-refractivity contribution < 1.29 is 9.53 Å². The molecular formula is C16H24BrN3O2. The zero-order chi connectivity index (χ0) is 16.5. The average molecular weight is 370 g/mol. The van der Waals surface area contributed by atoms with Gasteiger partial charge >= 0.3 is 6.09 Å². The highest BCUT2D eigenvalue weighted by atomic mass is 79.9. The molecule has 1 unspecified atom stereocenters. The number of ether oxygens (including phenoxy) is 1. The summed E-state index contributed by atoms with van der Waals surface area (Å²) in [6.07, 6.45) is 0.662. The Kier molecular flexibility index (Phi) is 4.90. The van der Waals surface area contributed by atoms with Crippen molar-refractivity contribution >= 4 is 33.4 Å². The van der Waals surface area contributed by atoms with Crippen molar-refractivity contribution in [3.05, 3.63) is 22.7 Å². The molecule has 1 aromatic rings. The number of rotatable bonds is 2. The molecule has 22 heavy (non-hydrogen) atoms. The normalized spacial score (nSPS) is 18.4. The second-order valence-electron chi connectivity index (χ2n) is 6.69. The molecule has 0 aliphatic carbocycles. The molecule has 1 fully saturated rings. The van der Waals surface area contributed by atoms with Crippen LogP contribution in [-0.2, 0) is 4.74 Å². The quantitative estimate of drug-likeness (QED) is 0.810. The molecule has 1 saturated heterocycles. The summed E-state index contributed by atoms with van der Waals surface area (Å²) in [6.45, 7) is 7.35. The molecule has 1 amide bonds. The maximum atomic E-state index is 12.1. The highest BCUT2D eigenvalue weighted by molar-refractivity contribution is 9.10. The maximum Gasteiger partial charge on any atom is 0.410 e. The van der Waals surface area contributed by atoms with Crippen molar-refractivity contribution in [2.24, 2.45) is 0 Å². The minimum Gasteiger partial charge on any atom is -0.444 e. The minimum absolute atomic E-state index is 0.158. The van der Waals surface area contributed by atoms with Gasteiger partial charge in [0.25, 0.3) is 0 Å². The van der Waals surface area contributed by atoms with Crippen molar-refractivity contribution in [1.29, 1.82) is 0 Å². The van der Waals surface area contributed by atoms with Crippen LogP contribution in [0.15, 0.2) is 22.7 Å². The Balaban J connectivity index is 2.00. The van der Waals surface area contributed by atoms with Gasteiger partial charge in [0.05, 0.1) is 6.04 Å². The number of nitrogens with two attached hydrogens (primary N) is 1. The first-order valence-corrected chi connectivity index (χ1v) is 8.22. The summed E-state index contributed by atoms with van der Waals surface area (Å²) in [5.74, 6) is 0. The van der Waals surface area contributed by atoms with Crippen LogP contribution in [0, 0.1) is 0 Å². The number of carbonyl (C=O) groups is 1. The Morgan fingerprint density at radius 2 is 2.14 bits per heavy atom. The Morgan fingerprint density at radius 1 is 1.45 bits per heavy atom. The van der Waals surface area contributed by atoms with Crippen molar-refractivity contribution in [3.63, 3.8) is 0 Å². The largest absolute Gasteiger partial charge is 0.444 e. The predicted octanol–water partition coefficient (Wildman–Crippen LogP) is 3.48. The van der Waals surface area contributed by atoms with Crippen molar-refractivity contribution in [2.75, 3.05) is 30.8 Å². The van der Waals surface area contributed by atoms with Crippen LogP contribution in [-0.4, -0.2) is 42.8 Å². The fourth-order valence-corrected chi connectivity index (χ4v) is 2.85. The number of likely N-dealkylation sites (N-methyl/N-ethyl adjacent to an activating group) is 1. The topological polar surface area (TPSA) is 58.8 Å². The Bertz CT molecular complexity index is 557. The highest BCUT2D eigenvalue weighted by Crippen LogP contribution is 2.29. The molecule has 1 aliphatic heterocycles. The molecular weight excluding hydrogens is 346 g/mol. The third-order valence-corrected chi connectivity index (χ3v) is 4.43. The number of nitrogens with zero attached hydrogens (tertiary/aromatic N) is 2. The fourth-order valence-electron chi connectivity index (χ4n) is 2.49. The SMILES string of the molecule is CN(C(=O)OC(C)(C)C)C1CCN(c2ccc(N)c(Br)c2)C1. The van der Waals surface area contributed by atoms with Crippen molar-refractivity contribution in [2.45, 2.75) is 38.8 Å². The van der Waals surface area contributed by atoms with Crippen LogP contribution in [0.4, 0.5) is 16.2 Å². The van der Waals surface area contributed by atoms with Crippen LogP contribution < -0.4 is 10.6 Å². The number of halogens is 1. The standard InChI is InChI=1S/C16H24BrN3O2/c1-16(2,3)22-15(21)19(4)12-7-8-20(10-12)11-5-6-14(18)13(17)9-11/h5-6,9,12H,7-8,10,18H2,1-4H3. The van der Waals surface area contributed by atoms with Crippen LogP contribution >= 0.6 is 15.9 Å². The van der Waals surface area contributed by atoms with E-state index in [4.69, 9.17) is 10.5 Å². The van der Waals surface area contributed by atoms with Gasteiger partial charge in [-0.2, -0.15) is 0 Å². The lowest BCUT2D eigenvalue weighted by molar-refractivity contribution is 0.0238. The molecule has 1 heterocycles. The first kappa shape index (κ1) is 16.9. The Morgan fingerprint density at radius 3 is 2.73 bits per heavy atom. The number of nitrogen functional groups attached to an aromatic ring is 1. The van der Waals surface area contributed by atoms with E-state index in [2.05, 4.69) is 20.8 Å². The van der Waals surface area contributed by atoms with Gasteiger partial charge in [-0.1, -0.05) is 0 Å². The van der Waals surface area contributed by atoms with E-state index >= 15 is 0 Å². The molecule has 5 nitrogen and oxygen atoms in total. The molecule has 2 N–H and O–H groups in total. The third kappa shape index (κ3) is 4.06. The molecule has 6 heteroatoms. The van der Waals surface area contributed by atoms with E-state index in [9.17, 15) is 4.79 Å². The molecule has 0 spiro atoms. The second-order valence-corrected chi connectivity index (χ2v) is 7.54. The summed E-state index contributed by atoms with van der Waals surface area (Å²) >= 11 is 3.46. The molecule has 1 aliphatic rings. The van der Waals surface area contributed by atoms with E-state index in [-0.39, 0.29) is 12.1 Å². The van der Waals surface area contributed by atoms with Crippen LogP contribution in [0.25, 0.3) is 0 Å². The molecule has 1 aromatic carbocycles. The van der Waals surface area contributed by atoms with E-state index in [1.54, 1.807) is 11.9 Å². The second kappa shape index (κ2) is 6.36. The summed E-state index contributed by atoms with van der Waals surface area (Å²) in [5, 5.41) is 0. The van der Waals surface area contributed by atoms with Gasteiger partial charge in [0.15, 0.2) is 0 Å². The van der Waals surface area contributed by atoms with E-state index in [0.717, 1.165) is 35.4 Å². The summed E-state index contributed by atoms with van der Waals surface area (Å²) in [4.78, 5) is 16.1. The summed E-state index contributed by atoms with van der Waals surface area (Å²) < 4.78 is 6.33. The molecule has 122 valence electrons.